The first-order valence-electron chi connectivity index (χ1n) is 8.59. The van der Waals surface area contributed by atoms with Crippen LogP contribution in [0.4, 0.5) is 10.2 Å². The van der Waals surface area contributed by atoms with Gasteiger partial charge in [-0.2, -0.15) is 0 Å². The minimum atomic E-state index is -0.268. The summed E-state index contributed by atoms with van der Waals surface area (Å²) in [5, 5.41) is 6.78. The van der Waals surface area contributed by atoms with E-state index in [1.165, 1.54) is 15.8 Å². The summed E-state index contributed by atoms with van der Waals surface area (Å²) < 4.78 is 13.9. The van der Waals surface area contributed by atoms with Gasteiger partial charge < -0.3 is 15.5 Å². The van der Waals surface area contributed by atoms with Crippen LogP contribution in [0.15, 0.2) is 35.5 Å². The molecule has 1 aliphatic rings. The lowest BCUT2D eigenvalue weighted by Crippen LogP contribution is -2.44. The Morgan fingerprint density at radius 3 is 2.88 bits per heavy atom. The van der Waals surface area contributed by atoms with Crippen LogP contribution in [0, 0.1) is 5.82 Å². The highest BCUT2D eigenvalue weighted by molar-refractivity contribution is 14.0. The normalized spacial score (nSPS) is 17.1. The lowest BCUT2D eigenvalue weighted by molar-refractivity contribution is 0.612. The van der Waals surface area contributed by atoms with E-state index in [1.807, 2.05) is 16.2 Å². The summed E-state index contributed by atoms with van der Waals surface area (Å²) in [5.41, 5.74) is 0. The highest BCUT2D eigenvalue weighted by Crippen LogP contribution is 2.21. The number of nitrogens with one attached hydrogen (secondary N) is 2. The second-order valence-corrected chi connectivity index (χ2v) is 7.29. The van der Waals surface area contributed by atoms with E-state index >= 15 is 0 Å². The monoisotopic (exact) mass is 489 g/mol. The van der Waals surface area contributed by atoms with Gasteiger partial charge in [0, 0.05) is 42.1 Å². The quantitative estimate of drug-likeness (QED) is 0.384. The van der Waals surface area contributed by atoms with Crippen LogP contribution in [0.1, 0.15) is 23.1 Å². The first kappa shape index (κ1) is 20.9. The Kier molecular flexibility index (Phi) is 8.08. The van der Waals surface area contributed by atoms with Gasteiger partial charge in [0.05, 0.1) is 6.54 Å². The van der Waals surface area contributed by atoms with Crippen molar-refractivity contribution in [2.24, 2.45) is 4.99 Å². The van der Waals surface area contributed by atoms with Crippen LogP contribution in [0.2, 0.25) is 0 Å². The Hall–Kier alpha value is -1.42. The van der Waals surface area contributed by atoms with Crippen molar-refractivity contribution in [3.05, 3.63) is 46.0 Å². The molecule has 0 radical (unpaired) electrons. The van der Waals surface area contributed by atoms with Crippen LogP contribution in [-0.2, 0) is 13.0 Å². The Morgan fingerprint density at radius 1 is 1.38 bits per heavy atom. The molecular formula is C18H25FIN5S. The number of guanidine groups is 1. The molecule has 2 aromatic rings. The van der Waals surface area contributed by atoms with Gasteiger partial charge in [-0.3, -0.25) is 4.99 Å². The van der Waals surface area contributed by atoms with Crippen molar-refractivity contribution in [2.45, 2.75) is 32.4 Å². The maximum atomic E-state index is 13.9. The second kappa shape index (κ2) is 10.1. The third-order valence-electron chi connectivity index (χ3n) is 4.29. The van der Waals surface area contributed by atoms with Crippen molar-refractivity contribution in [3.8, 4) is 0 Å². The SMILES string of the molecule is CCc1ccc(CNC(=NC)NC2CCN(c3ncccc3F)C2)s1.I. The van der Waals surface area contributed by atoms with Crippen molar-refractivity contribution >= 4 is 47.1 Å². The molecule has 0 spiro atoms. The number of aryl methyl sites for hydroxylation is 1. The van der Waals surface area contributed by atoms with Gasteiger partial charge in [-0.1, -0.05) is 6.92 Å². The lowest BCUT2D eigenvalue weighted by Gasteiger charge is -2.19. The topological polar surface area (TPSA) is 52.6 Å². The van der Waals surface area contributed by atoms with E-state index < -0.39 is 0 Å². The molecule has 1 fully saturated rings. The van der Waals surface area contributed by atoms with Gasteiger partial charge in [0.15, 0.2) is 17.6 Å². The molecule has 1 atom stereocenters. The molecular weight excluding hydrogens is 464 g/mol. The minimum Gasteiger partial charge on any atom is -0.352 e. The molecule has 1 unspecified atom stereocenters. The Labute approximate surface area is 175 Å². The zero-order chi connectivity index (χ0) is 17.6. The van der Waals surface area contributed by atoms with E-state index in [0.717, 1.165) is 31.9 Å². The van der Waals surface area contributed by atoms with Crippen molar-refractivity contribution in [1.82, 2.24) is 15.6 Å². The number of aromatic nitrogens is 1. The van der Waals surface area contributed by atoms with Crippen molar-refractivity contribution in [2.75, 3.05) is 25.0 Å². The number of hydrogen-bond acceptors (Lipinski definition) is 4. The maximum Gasteiger partial charge on any atom is 0.191 e. The van der Waals surface area contributed by atoms with Crippen LogP contribution in [0.5, 0.6) is 0 Å². The fourth-order valence-corrected chi connectivity index (χ4v) is 3.84. The predicted octanol–water partition coefficient (Wildman–Crippen LogP) is 3.41. The predicted molar refractivity (Wildman–Crippen MR) is 117 cm³/mol. The summed E-state index contributed by atoms with van der Waals surface area (Å²) >= 11 is 1.82. The molecule has 1 saturated heterocycles. The number of thiophene rings is 1. The third-order valence-corrected chi connectivity index (χ3v) is 5.52. The Balaban J connectivity index is 0.00000243. The first-order valence-corrected chi connectivity index (χ1v) is 9.41. The molecule has 142 valence electrons. The molecule has 0 bridgehead atoms. The molecule has 2 N–H and O–H groups in total. The summed E-state index contributed by atoms with van der Waals surface area (Å²) in [6, 6.07) is 7.63. The molecule has 26 heavy (non-hydrogen) atoms. The van der Waals surface area contributed by atoms with Gasteiger partial charge in [-0.25, -0.2) is 9.37 Å². The fraction of sp³-hybridized carbons (Fsp3) is 0.444. The van der Waals surface area contributed by atoms with Crippen molar-refractivity contribution < 1.29 is 4.39 Å². The number of pyridine rings is 1. The van der Waals surface area contributed by atoms with Crippen LogP contribution < -0.4 is 15.5 Å². The largest absolute Gasteiger partial charge is 0.352 e. The zero-order valence-corrected chi connectivity index (χ0v) is 18.2. The van der Waals surface area contributed by atoms with E-state index in [2.05, 4.69) is 39.7 Å². The van der Waals surface area contributed by atoms with Crippen LogP contribution >= 0.6 is 35.3 Å². The number of rotatable bonds is 5. The summed E-state index contributed by atoms with van der Waals surface area (Å²) in [4.78, 5) is 13.1. The fourth-order valence-electron chi connectivity index (χ4n) is 2.95. The van der Waals surface area contributed by atoms with Gasteiger partial charge in [0.25, 0.3) is 0 Å². The molecule has 0 saturated carbocycles. The molecule has 3 heterocycles. The lowest BCUT2D eigenvalue weighted by atomic mass is 10.3. The molecule has 8 heteroatoms. The van der Waals surface area contributed by atoms with E-state index in [-0.39, 0.29) is 35.8 Å². The average Bonchev–Trinajstić information content (AvgIpc) is 3.28. The van der Waals surface area contributed by atoms with Gasteiger partial charge in [-0.15, -0.1) is 35.3 Å². The van der Waals surface area contributed by atoms with E-state index in [1.54, 1.807) is 19.3 Å². The van der Waals surface area contributed by atoms with Crippen molar-refractivity contribution in [3.63, 3.8) is 0 Å². The smallest absolute Gasteiger partial charge is 0.191 e. The molecule has 2 aromatic heterocycles. The maximum absolute atomic E-state index is 13.9. The molecule has 3 rings (SSSR count). The summed E-state index contributed by atoms with van der Waals surface area (Å²) in [6.45, 7) is 4.43. The van der Waals surface area contributed by atoms with E-state index in [4.69, 9.17) is 0 Å². The molecule has 1 aliphatic heterocycles. The molecule has 0 amide bonds. The van der Waals surface area contributed by atoms with Crippen molar-refractivity contribution in [1.29, 1.82) is 0 Å². The van der Waals surface area contributed by atoms with Crippen LogP contribution in [0.3, 0.4) is 0 Å². The summed E-state index contributed by atoms with van der Waals surface area (Å²) in [6.07, 6.45) is 3.63. The van der Waals surface area contributed by atoms with Crippen LogP contribution in [-0.4, -0.2) is 37.1 Å². The molecule has 0 aliphatic carbocycles. The van der Waals surface area contributed by atoms with Gasteiger partial charge in [-0.05, 0) is 37.1 Å². The number of hydrogen-bond donors (Lipinski definition) is 2. The van der Waals surface area contributed by atoms with Gasteiger partial charge in [0.1, 0.15) is 0 Å². The van der Waals surface area contributed by atoms with Gasteiger partial charge >= 0.3 is 0 Å². The number of nitrogens with zero attached hydrogens (tertiary/aromatic N) is 3. The second-order valence-electron chi connectivity index (χ2n) is 6.03. The number of halogens is 2. The zero-order valence-electron chi connectivity index (χ0n) is 15.0. The van der Waals surface area contributed by atoms with E-state index in [9.17, 15) is 4.39 Å². The van der Waals surface area contributed by atoms with E-state index in [0.29, 0.717) is 12.4 Å². The molecule has 0 aromatic carbocycles. The average molecular weight is 489 g/mol. The third kappa shape index (κ3) is 5.29. The van der Waals surface area contributed by atoms with Crippen LogP contribution in [0.25, 0.3) is 0 Å². The molecule has 5 nitrogen and oxygen atoms in total. The highest BCUT2D eigenvalue weighted by Gasteiger charge is 2.25. The Morgan fingerprint density at radius 2 is 2.19 bits per heavy atom. The Bertz CT molecular complexity index is 736. The number of aliphatic imine (C=N–C) groups is 1. The highest BCUT2D eigenvalue weighted by atomic mass is 127. The summed E-state index contributed by atoms with van der Waals surface area (Å²) in [7, 11) is 1.77. The number of anilines is 1. The standard InChI is InChI=1S/C18H24FN5S.HI/c1-3-14-6-7-15(25-14)11-22-18(20-2)23-13-8-10-24(12-13)17-16(19)5-4-9-21-17;/h4-7,9,13H,3,8,10-12H2,1-2H3,(H2,20,22,23);1H. The minimum absolute atomic E-state index is 0. The van der Waals surface area contributed by atoms with Gasteiger partial charge in [0.2, 0.25) is 0 Å². The first-order chi connectivity index (χ1) is 12.2. The summed E-state index contributed by atoms with van der Waals surface area (Å²) in [5.74, 6) is 0.940.